The Hall–Kier alpha value is -0.790. The average molecular weight is 222 g/mol. The Morgan fingerprint density at radius 2 is 1.81 bits per heavy atom. The zero-order valence-electron chi connectivity index (χ0n) is 11.7. The van der Waals surface area contributed by atoms with E-state index < -0.39 is 0 Å². The number of rotatable bonds is 5. The molecule has 0 atom stereocenters. The molecule has 0 unspecified atom stereocenters. The second-order valence-corrected chi connectivity index (χ2v) is 5.95. The van der Waals surface area contributed by atoms with Crippen LogP contribution in [-0.4, -0.2) is 9.55 Å². The molecule has 0 saturated carbocycles. The van der Waals surface area contributed by atoms with Gasteiger partial charge in [0, 0.05) is 22.8 Å². The zero-order chi connectivity index (χ0) is 12.4. The van der Waals surface area contributed by atoms with Crippen LogP contribution in [0.3, 0.4) is 0 Å². The Balaban J connectivity index is 3.12. The third kappa shape index (κ3) is 2.47. The molecule has 0 saturated heterocycles. The first-order chi connectivity index (χ1) is 7.35. The number of nitrogens with zero attached hydrogens (tertiary/aromatic N) is 2. The van der Waals surface area contributed by atoms with E-state index in [1.807, 2.05) is 12.5 Å². The minimum atomic E-state index is 0.164. The van der Waals surface area contributed by atoms with Crippen molar-refractivity contribution in [1.29, 1.82) is 0 Å². The molecule has 0 spiro atoms. The Kier molecular flexibility index (Phi) is 3.82. The molecule has 2 heteroatoms. The number of hydrogen-bond acceptors (Lipinski definition) is 1. The predicted molar refractivity (Wildman–Crippen MR) is 69.8 cm³/mol. The zero-order valence-corrected chi connectivity index (χ0v) is 11.7. The van der Waals surface area contributed by atoms with E-state index in [1.54, 1.807) is 0 Å². The van der Waals surface area contributed by atoms with Crippen LogP contribution in [0.1, 0.15) is 66.5 Å². The molecule has 0 fully saturated rings. The summed E-state index contributed by atoms with van der Waals surface area (Å²) in [4.78, 5) is 4.35. The molecule has 2 nitrogen and oxygen atoms in total. The van der Waals surface area contributed by atoms with Crippen molar-refractivity contribution in [2.45, 2.75) is 71.8 Å². The van der Waals surface area contributed by atoms with E-state index in [9.17, 15) is 0 Å². The van der Waals surface area contributed by atoms with Crippen LogP contribution in [-0.2, 0) is 11.0 Å². The van der Waals surface area contributed by atoms with E-state index in [0.717, 1.165) is 6.42 Å². The van der Waals surface area contributed by atoms with Gasteiger partial charge in [-0.2, -0.15) is 0 Å². The number of imidazole rings is 1. The van der Waals surface area contributed by atoms with Gasteiger partial charge < -0.3 is 4.57 Å². The quantitative estimate of drug-likeness (QED) is 0.733. The van der Waals surface area contributed by atoms with Crippen molar-refractivity contribution in [3.63, 3.8) is 0 Å². The van der Waals surface area contributed by atoms with Gasteiger partial charge in [-0.3, -0.25) is 0 Å². The van der Waals surface area contributed by atoms with Crippen LogP contribution >= 0.6 is 0 Å². The smallest absolute Gasteiger partial charge is 0.0953 e. The first kappa shape index (κ1) is 13.3. The molecule has 0 N–H and O–H groups in total. The molecule has 1 aromatic rings. The van der Waals surface area contributed by atoms with Crippen molar-refractivity contribution in [2.75, 3.05) is 0 Å². The van der Waals surface area contributed by atoms with Crippen molar-refractivity contribution in [3.8, 4) is 0 Å². The first-order valence-electron chi connectivity index (χ1n) is 6.38. The highest BCUT2D eigenvalue weighted by molar-refractivity contribution is 5.14. The summed E-state index contributed by atoms with van der Waals surface area (Å²) in [6, 6.07) is 0. The number of hydrogen-bond donors (Lipinski definition) is 0. The van der Waals surface area contributed by atoms with Crippen LogP contribution in [0.15, 0.2) is 12.5 Å². The van der Waals surface area contributed by atoms with Crippen LogP contribution in [0.4, 0.5) is 0 Å². The Morgan fingerprint density at radius 3 is 2.31 bits per heavy atom. The normalized spacial score (nSPS) is 13.1. The maximum atomic E-state index is 4.35. The molecule has 1 rings (SSSR count). The van der Waals surface area contributed by atoms with Crippen LogP contribution in [0.2, 0.25) is 0 Å². The van der Waals surface area contributed by atoms with Crippen molar-refractivity contribution in [2.24, 2.45) is 0 Å². The molecule has 1 heterocycles. The van der Waals surface area contributed by atoms with Gasteiger partial charge in [-0.05, 0) is 26.7 Å². The van der Waals surface area contributed by atoms with E-state index in [0.29, 0.717) is 0 Å². The van der Waals surface area contributed by atoms with Gasteiger partial charge in [0.2, 0.25) is 0 Å². The average Bonchev–Trinajstić information content (AvgIpc) is 2.67. The summed E-state index contributed by atoms with van der Waals surface area (Å²) in [6.07, 6.45) is 7.56. The van der Waals surface area contributed by atoms with E-state index in [4.69, 9.17) is 0 Å². The summed E-state index contributed by atoms with van der Waals surface area (Å²) >= 11 is 0. The van der Waals surface area contributed by atoms with Crippen molar-refractivity contribution < 1.29 is 0 Å². The van der Waals surface area contributed by atoms with Gasteiger partial charge in [0.05, 0.1) is 6.33 Å². The molecule has 92 valence electrons. The molecule has 0 aliphatic carbocycles. The van der Waals surface area contributed by atoms with Crippen molar-refractivity contribution >= 4 is 0 Å². The van der Waals surface area contributed by atoms with Crippen molar-refractivity contribution in [1.82, 2.24) is 9.55 Å². The van der Waals surface area contributed by atoms with E-state index >= 15 is 0 Å². The fraction of sp³-hybridized carbons (Fsp3) is 0.786. The molecular formula is C14H26N2. The summed E-state index contributed by atoms with van der Waals surface area (Å²) < 4.78 is 2.35. The fourth-order valence-corrected chi connectivity index (χ4v) is 2.20. The van der Waals surface area contributed by atoms with Crippen LogP contribution in [0.25, 0.3) is 0 Å². The molecule has 0 aliphatic heterocycles. The summed E-state index contributed by atoms with van der Waals surface area (Å²) in [5.41, 5.74) is 1.75. The third-order valence-electron chi connectivity index (χ3n) is 3.72. The van der Waals surface area contributed by atoms with Crippen LogP contribution in [0, 0.1) is 0 Å². The highest BCUT2D eigenvalue weighted by Crippen LogP contribution is 2.32. The molecule has 0 aromatic carbocycles. The highest BCUT2D eigenvalue weighted by Gasteiger charge is 2.28. The molecule has 1 aromatic heterocycles. The lowest BCUT2D eigenvalue weighted by Gasteiger charge is -2.33. The lowest BCUT2D eigenvalue weighted by Crippen LogP contribution is -2.31. The van der Waals surface area contributed by atoms with Gasteiger partial charge in [-0.1, -0.05) is 34.1 Å². The van der Waals surface area contributed by atoms with Gasteiger partial charge in [-0.25, -0.2) is 4.98 Å². The number of aromatic nitrogens is 2. The molecular weight excluding hydrogens is 196 g/mol. The van der Waals surface area contributed by atoms with E-state index in [-0.39, 0.29) is 11.0 Å². The maximum Gasteiger partial charge on any atom is 0.0953 e. The lowest BCUT2D eigenvalue weighted by molar-refractivity contribution is 0.305. The van der Waals surface area contributed by atoms with Crippen molar-refractivity contribution in [3.05, 3.63) is 18.2 Å². The van der Waals surface area contributed by atoms with Gasteiger partial charge in [0.1, 0.15) is 0 Å². The fourth-order valence-electron chi connectivity index (χ4n) is 2.20. The van der Waals surface area contributed by atoms with Gasteiger partial charge in [0.15, 0.2) is 0 Å². The second kappa shape index (κ2) is 4.60. The summed E-state index contributed by atoms with van der Waals surface area (Å²) in [5.74, 6) is 0. The maximum absolute atomic E-state index is 4.35. The minimum absolute atomic E-state index is 0.164. The van der Waals surface area contributed by atoms with Crippen LogP contribution in [0.5, 0.6) is 0 Å². The van der Waals surface area contributed by atoms with E-state index in [1.165, 1.54) is 18.5 Å². The van der Waals surface area contributed by atoms with Gasteiger partial charge in [-0.15, -0.1) is 0 Å². The van der Waals surface area contributed by atoms with Gasteiger partial charge >= 0.3 is 0 Å². The predicted octanol–water partition coefficient (Wildman–Crippen LogP) is 4.11. The summed E-state index contributed by atoms with van der Waals surface area (Å²) in [7, 11) is 0. The SMILES string of the molecule is CCCC(C)(C)c1cncn1C(C)(C)CC. The summed E-state index contributed by atoms with van der Waals surface area (Å²) in [5, 5.41) is 0. The Bertz CT molecular complexity index is 334. The minimum Gasteiger partial charge on any atom is -0.329 e. The highest BCUT2D eigenvalue weighted by atomic mass is 15.1. The largest absolute Gasteiger partial charge is 0.329 e. The molecule has 0 bridgehead atoms. The van der Waals surface area contributed by atoms with Crippen LogP contribution < -0.4 is 0 Å². The van der Waals surface area contributed by atoms with Gasteiger partial charge in [0.25, 0.3) is 0 Å². The molecule has 16 heavy (non-hydrogen) atoms. The van der Waals surface area contributed by atoms with E-state index in [2.05, 4.69) is 51.1 Å². The summed E-state index contributed by atoms with van der Waals surface area (Å²) in [6.45, 7) is 13.7. The standard InChI is InChI=1S/C14H26N2/c1-7-9-13(3,4)12-10-15-11-16(12)14(5,6)8-2/h10-11H,7-9H2,1-6H3. The lowest BCUT2D eigenvalue weighted by atomic mass is 9.83. The molecule has 0 amide bonds. The topological polar surface area (TPSA) is 17.8 Å². The third-order valence-corrected chi connectivity index (χ3v) is 3.72. The monoisotopic (exact) mass is 222 g/mol. The molecule has 0 aliphatic rings. The Morgan fingerprint density at radius 1 is 1.19 bits per heavy atom. The Labute approximate surface area is 100 Å². The molecule has 0 radical (unpaired) electrons. The second-order valence-electron chi connectivity index (χ2n) is 5.95. The first-order valence-corrected chi connectivity index (χ1v) is 6.38.